The fourth-order valence-electron chi connectivity index (χ4n) is 4.70. The lowest BCUT2D eigenvalue weighted by Crippen LogP contribution is -1.96. The molecule has 18 nitrogen and oxygen atoms in total. The molecular weight excluding hydrogens is 1230 g/mol. The van der Waals surface area contributed by atoms with Gasteiger partial charge in [-0.25, -0.2) is 33.7 Å². The normalized spacial score (nSPS) is 8.78. The van der Waals surface area contributed by atoms with Gasteiger partial charge in [-0.15, -0.1) is 10.2 Å². The fraction of sp³-hybridized carbons (Fsp3) is 0.630. The highest BCUT2D eigenvalue weighted by Crippen LogP contribution is 2.17. The highest BCUT2D eigenvalue weighted by atomic mass is 32.1. The highest BCUT2D eigenvalue weighted by molar-refractivity contribution is 7.05. The highest BCUT2D eigenvalue weighted by Gasteiger charge is 2.03. The Morgan fingerprint density at radius 1 is 0.383 bits per heavy atom. The van der Waals surface area contributed by atoms with Crippen LogP contribution in [0.15, 0.2) is 123 Å². The average molecular weight is 1370 g/mol. The standard InChI is InChI=1S/3C6H9N3.3C6H9NO.3C6H9NS.9C2H6.CH4/c1-5(2)6-8-3-7-4-9-6;1-5(2)6-3-8-9-4-7-6;1-5(2)6-7-3-4-8-9-6;1-5(2)6-3-7-8-4-6;1-5(2)6-3-4-8-7-6;1-5(2)6-3-4-7-8-6;1-5(2)6-3-7-8-4-6;1-5(2)6-3-4-8-7-6;1-5(2)6-3-4-7-8-6;9*1-2;/h3*3-5H,1-2H3;6*3-5H,1-2H3;9*1-2H3;1H4. The first-order valence-electron chi connectivity index (χ1n) is 34.0. The van der Waals surface area contributed by atoms with Crippen LogP contribution < -0.4 is 0 Å². The van der Waals surface area contributed by atoms with Crippen LogP contribution in [-0.4, -0.2) is 73.9 Å². The molecular formula is C73H139N15O3S3. The van der Waals surface area contributed by atoms with Gasteiger partial charge in [0.2, 0.25) is 0 Å². The van der Waals surface area contributed by atoms with E-state index in [1.165, 1.54) is 58.2 Å². The Labute approximate surface area is 589 Å². The first-order chi connectivity index (χ1) is 44.7. The van der Waals surface area contributed by atoms with E-state index in [1.807, 2.05) is 168 Å². The Kier molecular flexibility index (Phi) is 98.1. The van der Waals surface area contributed by atoms with Gasteiger partial charge in [0.05, 0.1) is 41.9 Å². The third-order valence-corrected chi connectivity index (χ3v) is 11.8. The fourth-order valence-corrected chi connectivity index (χ4v) is 6.63. The molecule has 0 fully saturated rings. The van der Waals surface area contributed by atoms with E-state index in [0.717, 1.165) is 34.4 Å². The lowest BCUT2D eigenvalue weighted by atomic mass is 10.1. The van der Waals surface area contributed by atoms with Crippen molar-refractivity contribution in [1.29, 1.82) is 0 Å². The zero-order chi connectivity index (χ0) is 74.0. The quantitative estimate of drug-likeness (QED) is 0.131. The molecule has 0 radical (unpaired) electrons. The largest absolute Gasteiger partial charge is 0.365 e. The van der Waals surface area contributed by atoms with Crippen LogP contribution in [0.2, 0.25) is 0 Å². The summed E-state index contributed by atoms with van der Waals surface area (Å²) in [5, 5.41) is 29.7. The van der Waals surface area contributed by atoms with Crippen molar-refractivity contribution in [2.45, 2.75) is 310 Å². The summed E-state index contributed by atoms with van der Waals surface area (Å²) >= 11 is 4.62. The summed E-state index contributed by atoms with van der Waals surface area (Å²) in [6.07, 6.45) is 19.9. The first kappa shape index (κ1) is 109. The van der Waals surface area contributed by atoms with Crippen LogP contribution in [-0.2, 0) is 0 Å². The van der Waals surface area contributed by atoms with Crippen molar-refractivity contribution < 1.29 is 13.6 Å². The van der Waals surface area contributed by atoms with Crippen LogP contribution >= 0.6 is 34.6 Å². The molecule has 542 valence electrons. The molecule has 0 amide bonds. The Bertz CT molecular complexity index is 2130. The third-order valence-electron chi connectivity index (χ3n) is 9.54. The maximum absolute atomic E-state index is 4.84. The van der Waals surface area contributed by atoms with Crippen molar-refractivity contribution in [3.05, 3.63) is 160 Å². The Hall–Kier alpha value is -6.45. The number of rotatable bonds is 9. The third kappa shape index (κ3) is 67.0. The molecule has 94 heavy (non-hydrogen) atoms. The zero-order valence-corrected chi connectivity index (χ0v) is 67.7. The van der Waals surface area contributed by atoms with E-state index >= 15 is 0 Å². The number of nitrogens with zero attached hydrogens (tertiary/aromatic N) is 15. The zero-order valence-electron chi connectivity index (χ0n) is 65.2. The molecule has 0 aliphatic rings. The molecule has 0 bridgehead atoms. The molecule has 21 heteroatoms. The van der Waals surface area contributed by atoms with Gasteiger partial charge < -0.3 is 13.6 Å². The van der Waals surface area contributed by atoms with Gasteiger partial charge in [-0.05, 0) is 87.8 Å². The Balaban J connectivity index is -0.000000102. The summed E-state index contributed by atoms with van der Waals surface area (Å²) in [7, 11) is 0. The summed E-state index contributed by atoms with van der Waals surface area (Å²) < 4.78 is 26.2. The summed E-state index contributed by atoms with van der Waals surface area (Å²) in [4.78, 5) is 21.0. The van der Waals surface area contributed by atoms with E-state index in [4.69, 9.17) is 4.52 Å². The van der Waals surface area contributed by atoms with Crippen molar-refractivity contribution in [2.75, 3.05) is 0 Å². The van der Waals surface area contributed by atoms with Gasteiger partial charge in [-0.2, -0.15) is 14.6 Å². The van der Waals surface area contributed by atoms with Gasteiger partial charge in [0.15, 0.2) is 5.82 Å². The van der Waals surface area contributed by atoms with Crippen molar-refractivity contribution in [3.63, 3.8) is 0 Å². The van der Waals surface area contributed by atoms with Gasteiger partial charge in [0.1, 0.15) is 43.1 Å². The molecule has 9 heterocycles. The van der Waals surface area contributed by atoms with Crippen LogP contribution in [0.1, 0.15) is 360 Å². The molecule has 0 spiro atoms. The maximum atomic E-state index is 4.84. The van der Waals surface area contributed by atoms with E-state index in [2.05, 4.69) is 211 Å². The van der Waals surface area contributed by atoms with Crippen LogP contribution in [0, 0.1) is 0 Å². The molecule has 9 aromatic heterocycles. The number of aromatic nitrogens is 15. The summed E-state index contributed by atoms with van der Waals surface area (Å²) in [6.45, 7) is 73.8. The number of hydrogen-bond donors (Lipinski definition) is 0. The monoisotopic (exact) mass is 1370 g/mol. The van der Waals surface area contributed by atoms with Gasteiger partial charge in [0, 0.05) is 69.7 Å². The Morgan fingerprint density at radius 3 is 1.15 bits per heavy atom. The summed E-state index contributed by atoms with van der Waals surface area (Å²) in [5.74, 6) is 7.14. The molecule has 9 aromatic rings. The molecule has 0 N–H and O–H groups in total. The molecule has 0 aliphatic heterocycles. The van der Waals surface area contributed by atoms with E-state index in [-0.39, 0.29) is 7.43 Å². The molecule has 0 saturated heterocycles. The second kappa shape index (κ2) is 84.6. The molecule has 9 rings (SSSR count). The average Bonchev–Trinajstić information content (AvgIpc) is 3.80. The lowest BCUT2D eigenvalue weighted by molar-refractivity contribution is 0.371. The topological polar surface area (TPSA) is 233 Å². The summed E-state index contributed by atoms with van der Waals surface area (Å²) in [6, 6.07) is 7.89. The lowest BCUT2D eigenvalue weighted by Gasteiger charge is -1.98. The van der Waals surface area contributed by atoms with E-state index in [9.17, 15) is 0 Å². The van der Waals surface area contributed by atoms with Gasteiger partial charge in [-0.3, -0.25) is 0 Å². The van der Waals surface area contributed by atoms with Gasteiger partial charge in [-0.1, -0.05) is 272 Å². The predicted octanol–water partition coefficient (Wildman–Crippen LogP) is 25.1. The van der Waals surface area contributed by atoms with Crippen molar-refractivity contribution in [3.8, 4) is 0 Å². The first-order valence-corrected chi connectivity index (χ1v) is 36.5. The van der Waals surface area contributed by atoms with E-state index in [0.29, 0.717) is 53.3 Å². The van der Waals surface area contributed by atoms with Crippen LogP contribution in [0.25, 0.3) is 0 Å². The molecule has 0 aromatic carbocycles. The van der Waals surface area contributed by atoms with Gasteiger partial charge in [0.25, 0.3) is 0 Å². The second-order valence-electron chi connectivity index (χ2n) is 19.0. The van der Waals surface area contributed by atoms with Crippen LogP contribution in [0.3, 0.4) is 0 Å². The predicted molar refractivity (Wildman–Crippen MR) is 411 cm³/mol. The molecule has 0 saturated carbocycles. The molecule has 0 unspecified atom stereocenters. The smallest absolute Gasteiger partial charge is 0.153 e. The molecule has 0 atom stereocenters. The summed E-state index contributed by atoms with van der Waals surface area (Å²) in [5.41, 5.74) is 5.71. The van der Waals surface area contributed by atoms with Crippen molar-refractivity contribution in [1.82, 2.24) is 73.9 Å². The minimum atomic E-state index is 0. The van der Waals surface area contributed by atoms with Crippen molar-refractivity contribution in [2.24, 2.45) is 0 Å². The maximum Gasteiger partial charge on any atom is 0.153 e. The van der Waals surface area contributed by atoms with E-state index < -0.39 is 0 Å². The van der Waals surface area contributed by atoms with Crippen LogP contribution in [0.4, 0.5) is 0 Å². The Morgan fingerprint density at radius 2 is 0.926 bits per heavy atom. The van der Waals surface area contributed by atoms with Crippen molar-refractivity contribution >= 4 is 34.6 Å². The second-order valence-corrected chi connectivity index (χ2v) is 21.2. The number of hydrogen-bond acceptors (Lipinski definition) is 21. The van der Waals surface area contributed by atoms with Crippen LogP contribution in [0.5, 0.6) is 0 Å². The SMILES string of the molecule is C.CC.CC.CC.CC.CC.CC.CC.CC.CC.CC(C)c1ccno1.CC(C)c1ccns1.CC(C)c1ccon1.CC(C)c1ccsn1.CC(C)c1cnncn1.CC(C)c1cnoc1.CC(C)c1cnsc1.CC(C)c1nccnn1.CC(C)c1ncncn1. The minimum Gasteiger partial charge on any atom is -0.365 e. The van der Waals surface area contributed by atoms with Gasteiger partial charge >= 0.3 is 0 Å². The minimum absolute atomic E-state index is 0. The van der Waals surface area contributed by atoms with E-state index in [1.54, 1.807) is 55.0 Å². The molecule has 0 aliphatic carbocycles.